The first-order valence-electron chi connectivity index (χ1n) is 8.45. The van der Waals surface area contributed by atoms with Gasteiger partial charge in [-0.25, -0.2) is 0 Å². The second-order valence-electron chi connectivity index (χ2n) is 6.95. The molecule has 2 aromatic heterocycles. The van der Waals surface area contributed by atoms with E-state index in [0.717, 1.165) is 37.9 Å². The van der Waals surface area contributed by atoms with Gasteiger partial charge in [-0.3, -0.25) is 9.80 Å². The van der Waals surface area contributed by atoms with Gasteiger partial charge in [-0.1, -0.05) is 5.16 Å². The second kappa shape index (κ2) is 6.04. The molecule has 7 heteroatoms. The molecule has 0 aromatic carbocycles. The van der Waals surface area contributed by atoms with E-state index in [9.17, 15) is 0 Å². The van der Waals surface area contributed by atoms with Gasteiger partial charge in [-0.05, 0) is 31.5 Å². The Morgan fingerprint density at radius 2 is 2.17 bits per heavy atom. The van der Waals surface area contributed by atoms with E-state index in [0.29, 0.717) is 11.6 Å². The summed E-state index contributed by atoms with van der Waals surface area (Å²) in [6.07, 6.45) is 4.39. The first-order chi connectivity index (χ1) is 11.6. The lowest BCUT2D eigenvalue weighted by atomic mass is 10.1. The van der Waals surface area contributed by atoms with Crippen molar-refractivity contribution in [3.8, 4) is 6.07 Å². The number of rotatable bonds is 4. The molecule has 7 nitrogen and oxygen atoms in total. The molecule has 2 fully saturated rings. The van der Waals surface area contributed by atoms with E-state index < -0.39 is 0 Å². The van der Waals surface area contributed by atoms with Crippen molar-refractivity contribution in [3.05, 3.63) is 35.2 Å². The van der Waals surface area contributed by atoms with Gasteiger partial charge in [0.25, 0.3) is 0 Å². The molecule has 1 saturated carbocycles. The van der Waals surface area contributed by atoms with E-state index in [1.165, 1.54) is 18.4 Å². The molecule has 0 amide bonds. The molecular weight excluding hydrogens is 304 g/mol. The molecule has 0 bridgehead atoms. The molecule has 1 aliphatic heterocycles. The SMILES string of the molecule is CN1CCN(Cc2cc(C#N)n(C)c2)C[C@H]1c1nc(C2CC2)no1. The highest BCUT2D eigenvalue weighted by Crippen LogP contribution is 2.38. The van der Waals surface area contributed by atoms with Gasteiger partial charge in [-0.15, -0.1) is 0 Å². The first-order valence-corrected chi connectivity index (χ1v) is 8.45. The molecule has 0 N–H and O–H groups in total. The molecule has 0 spiro atoms. The lowest BCUT2D eigenvalue weighted by Crippen LogP contribution is -2.46. The van der Waals surface area contributed by atoms with Crippen LogP contribution in [0.1, 0.15) is 47.8 Å². The van der Waals surface area contributed by atoms with E-state index >= 15 is 0 Å². The van der Waals surface area contributed by atoms with Gasteiger partial charge in [-0.2, -0.15) is 10.2 Å². The molecule has 24 heavy (non-hydrogen) atoms. The predicted octanol–water partition coefficient (Wildman–Crippen LogP) is 1.65. The van der Waals surface area contributed by atoms with Gasteiger partial charge in [0.15, 0.2) is 5.82 Å². The van der Waals surface area contributed by atoms with Gasteiger partial charge in [0.1, 0.15) is 17.8 Å². The zero-order valence-electron chi connectivity index (χ0n) is 14.1. The summed E-state index contributed by atoms with van der Waals surface area (Å²) in [4.78, 5) is 9.30. The normalized spacial score (nSPS) is 22.6. The van der Waals surface area contributed by atoms with Crippen molar-refractivity contribution >= 4 is 0 Å². The second-order valence-corrected chi connectivity index (χ2v) is 6.95. The molecule has 2 aromatic rings. The minimum atomic E-state index is 0.137. The van der Waals surface area contributed by atoms with Crippen LogP contribution in [0.25, 0.3) is 0 Å². The molecule has 2 aliphatic rings. The minimum Gasteiger partial charge on any atom is -0.342 e. The Hall–Kier alpha value is -2.17. The highest BCUT2D eigenvalue weighted by Gasteiger charge is 2.33. The third-order valence-corrected chi connectivity index (χ3v) is 5.00. The lowest BCUT2D eigenvalue weighted by molar-refractivity contribution is 0.0714. The fraction of sp³-hybridized carbons (Fsp3) is 0.588. The summed E-state index contributed by atoms with van der Waals surface area (Å²) in [5, 5.41) is 13.2. The maximum absolute atomic E-state index is 9.10. The van der Waals surface area contributed by atoms with Crippen molar-refractivity contribution < 1.29 is 4.52 Å². The fourth-order valence-electron chi connectivity index (χ4n) is 3.32. The number of hydrogen-bond acceptors (Lipinski definition) is 6. The maximum atomic E-state index is 9.10. The van der Waals surface area contributed by atoms with Crippen LogP contribution in [0.5, 0.6) is 0 Å². The minimum absolute atomic E-state index is 0.137. The van der Waals surface area contributed by atoms with E-state index in [2.05, 4.69) is 33.1 Å². The van der Waals surface area contributed by atoms with Crippen molar-refractivity contribution in [2.75, 3.05) is 26.7 Å². The monoisotopic (exact) mass is 326 g/mol. The molecular formula is C17H22N6O. The van der Waals surface area contributed by atoms with Crippen LogP contribution >= 0.6 is 0 Å². The average molecular weight is 326 g/mol. The quantitative estimate of drug-likeness (QED) is 0.850. The van der Waals surface area contributed by atoms with Crippen LogP contribution in [-0.2, 0) is 13.6 Å². The highest BCUT2D eigenvalue weighted by molar-refractivity contribution is 5.28. The van der Waals surface area contributed by atoms with Crippen molar-refractivity contribution in [1.29, 1.82) is 5.26 Å². The molecule has 0 unspecified atom stereocenters. The van der Waals surface area contributed by atoms with Crippen LogP contribution in [0.3, 0.4) is 0 Å². The van der Waals surface area contributed by atoms with E-state index in [1.807, 2.05) is 23.9 Å². The van der Waals surface area contributed by atoms with Crippen molar-refractivity contribution in [2.45, 2.75) is 31.3 Å². The molecule has 0 radical (unpaired) electrons. The Morgan fingerprint density at radius 1 is 1.33 bits per heavy atom. The first kappa shape index (κ1) is 15.4. The molecule has 1 aliphatic carbocycles. The van der Waals surface area contributed by atoms with Gasteiger partial charge >= 0.3 is 0 Å². The number of aryl methyl sites for hydroxylation is 1. The van der Waals surface area contributed by atoms with Crippen LogP contribution in [0.2, 0.25) is 0 Å². The average Bonchev–Trinajstić information content (AvgIpc) is 3.20. The Morgan fingerprint density at radius 3 is 2.88 bits per heavy atom. The Labute approximate surface area is 141 Å². The molecule has 1 saturated heterocycles. The largest absolute Gasteiger partial charge is 0.342 e. The van der Waals surface area contributed by atoms with Crippen molar-refractivity contribution in [1.82, 2.24) is 24.5 Å². The third-order valence-electron chi connectivity index (χ3n) is 5.00. The van der Waals surface area contributed by atoms with Crippen LogP contribution < -0.4 is 0 Å². The number of aromatic nitrogens is 3. The zero-order valence-corrected chi connectivity index (χ0v) is 14.1. The smallest absolute Gasteiger partial charge is 0.245 e. The highest BCUT2D eigenvalue weighted by atomic mass is 16.5. The van der Waals surface area contributed by atoms with Gasteiger partial charge in [0.05, 0.1) is 0 Å². The lowest BCUT2D eigenvalue weighted by Gasteiger charge is -2.37. The third kappa shape index (κ3) is 2.95. The Kier molecular flexibility index (Phi) is 3.87. The van der Waals surface area contributed by atoms with Gasteiger partial charge in [0.2, 0.25) is 5.89 Å². The van der Waals surface area contributed by atoms with Gasteiger partial charge in [0, 0.05) is 45.3 Å². The number of likely N-dealkylation sites (N-methyl/N-ethyl adjacent to an activating group) is 1. The maximum Gasteiger partial charge on any atom is 0.245 e. The van der Waals surface area contributed by atoms with E-state index in [4.69, 9.17) is 9.78 Å². The van der Waals surface area contributed by atoms with Crippen LogP contribution in [0.4, 0.5) is 0 Å². The summed E-state index contributed by atoms with van der Waals surface area (Å²) in [6, 6.07) is 4.32. The molecule has 3 heterocycles. The zero-order chi connectivity index (χ0) is 16.7. The summed E-state index contributed by atoms with van der Waals surface area (Å²) in [7, 11) is 4.02. The van der Waals surface area contributed by atoms with Crippen molar-refractivity contribution in [2.24, 2.45) is 7.05 Å². The summed E-state index contributed by atoms with van der Waals surface area (Å²) in [5.41, 5.74) is 1.86. The Balaban J connectivity index is 1.46. The van der Waals surface area contributed by atoms with E-state index in [-0.39, 0.29) is 6.04 Å². The van der Waals surface area contributed by atoms with Crippen LogP contribution in [0.15, 0.2) is 16.8 Å². The predicted molar refractivity (Wildman–Crippen MR) is 87.0 cm³/mol. The van der Waals surface area contributed by atoms with Crippen molar-refractivity contribution in [3.63, 3.8) is 0 Å². The topological polar surface area (TPSA) is 74.1 Å². The summed E-state index contributed by atoms with van der Waals surface area (Å²) in [6.45, 7) is 3.65. The number of piperazine rings is 1. The summed E-state index contributed by atoms with van der Waals surface area (Å²) in [5.74, 6) is 2.12. The number of nitrogens with zero attached hydrogens (tertiary/aromatic N) is 6. The molecule has 126 valence electrons. The van der Waals surface area contributed by atoms with E-state index in [1.54, 1.807) is 0 Å². The standard InChI is InChI=1S/C17H22N6O/c1-21-5-6-23(10-12-7-14(8-18)22(2)9-12)11-15(21)17-19-16(20-24-17)13-3-4-13/h7,9,13,15H,3-6,10-11H2,1-2H3/t15-/m0/s1. The number of hydrogen-bond donors (Lipinski definition) is 0. The number of nitriles is 1. The Bertz CT molecular complexity index is 768. The fourth-order valence-corrected chi connectivity index (χ4v) is 3.32. The van der Waals surface area contributed by atoms with Gasteiger partial charge < -0.3 is 9.09 Å². The molecule has 1 atom stereocenters. The summed E-state index contributed by atoms with van der Waals surface area (Å²) < 4.78 is 7.42. The van der Waals surface area contributed by atoms with Crippen LogP contribution in [-0.4, -0.2) is 51.2 Å². The summed E-state index contributed by atoms with van der Waals surface area (Å²) >= 11 is 0. The van der Waals surface area contributed by atoms with Crippen LogP contribution in [0, 0.1) is 11.3 Å². The molecule has 4 rings (SSSR count).